The molecule has 0 bridgehead atoms. The molecule has 108 valence electrons. The first-order valence-corrected chi connectivity index (χ1v) is 7.53. The lowest BCUT2D eigenvalue weighted by Gasteiger charge is -2.30. The maximum atomic E-state index is 4.66. The molecule has 0 spiro atoms. The van der Waals surface area contributed by atoms with Gasteiger partial charge in [-0.05, 0) is 45.4 Å². The van der Waals surface area contributed by atoms with Crippen molar-refractivity contribution in [1.29, 1.82) is 0 Å². The van der Waals surface area contributed by atoms with E-state index >= 15 is 0 Å². The van der Waals surface area contributed by atoms with Gasteiger partial charge in [0.15, 0.2) is 0 Å². The van der Waals surface area contributed by atoms with Crippen molar-refractivity contribution in [1.82, 2.24) is 10.3 Å². The molecule has 0 aromatic carbocycles. The minimum Gasteiger partial charge on any atom is -0.354 e. The molecule has 0 saturated carbocycles. The van der Waals surface area contributed by atoms with Crippen LogP contribution < -0.4 is 10.2 Å². The standard InChI is InChI=1S/C16H29N3/c1-6-8-11-19(13(3)7-2)16-10-9-15(12-18-16)14(4)17-5/h9-10,12-14,17H,6-8,11H2,1-5H3. The summed E-state index contributed by atoms with van der Waals surface area (Å²) in [6.07, 6.45) is 5.60. The maximum absolute atomic E-state index is 4.66. The minimum absolute atomic E-state index is 0.356. The van der Waals surface area contributed by atoms with Gasteiger partial charge in [-0.2, -0.15) is 0 Å². The van der Waals surface area contributed by atoms with Gasteiger partial charge in [-0.1, -0.05) is 26.3 Å². The predicted molar refractivity (Wildman–Crippen MR) is 83.7 cm³/mol. The molecule has 0 fully saturated rings. The van der Waals surface area contributed by atoms with Gasteiger partial charge in [0.2, 0.25) is 0 Å². The van der Waals surface area contributed by atoms with E-state index in [0.29, 0.717) is 12.1 Å². The van der Waals surface area contributed by atoms with Crippen LogP contribution in [-0.4, -0.2) is 24.6 Å². The number of rotatable bonds is 8. The van der Waals surface area contributed by atoms with Gasteiger partial charge in [-0.25, -0.2) is 4.98 Å². The second kappa shape index (κ2) is 8.16. The highest BCUT2D eigenvalue weighted by Crippen LogP contribution is 2.19. The largest absolute Gasteiger partial charge is 0.354 e. The van der Waals surface area contributed by atoms with Crippen LogP contribution in [0.15, 0.2) is 18.3 Å². The first-order chi connectivity index (χ1) is 9.13. The molecular weight excluding hydrogens is 234 g/mol. The number of nitrogens with one attached hydrogen (secondary N) is 1. The van der Waals surface area contributed by atoms with E-state index in [0.717, 1.165) is 18.8 Å². The van der Waals surface area contributed by atoms with Crippen molar-refractivity contribution in [3.63, 3.8) is 0 Å². The summed E-state index contributed by atoms with van der Waals surface area (Å²) in [6.45, 7) is 10.0. The summed E-state index contributed by atoms with van der Waals surface area (Å²) in [5.74, 6) is 1.11. The summed E-state index contributed by atoms with van der Waals surface area (Å²) in [7, 11) is 1.98. The van der Waals surface area contributed by atoms with Crippen molar-refractivity contribution in [3.05, 3.63) is 23.9 Å². The lowest BCUT2D eigenvalue weighted by molar-refractivity contribution is 0.588. The van der Waals surface area contributed by atoms with Crippen LogP contribution in [0.5, 0.6) is 0 Å². The van der Waals surface area contributed by atoms with Crippen molar-refractivity contribution in [2.45, 2.75) is 59.0 Å². The molecule has 0 aliphatic carbocycles. The highest BCUT2D eigenvalue weighted by molar-refractivity contribution is 5.40. The summed E-state index contributed by atoms with van der Waals surface area (Å²) < 4.78 is 0. The zero-order valence-corrected chi connectivity index (χ0v) is 13.1. The molecule has 3 nitrogen and oxygen atoms in total. The van der Waals surface area contributed by atoms with Crippen LogP contribution in [0.25, 0.3) is 0 Å². The van der Waals surface area contributed by atoms with Crippen molar-refractivity contribution in [2.75, 3.05) is 18.5 Å². The zero-order chi connectivity index (χ0) is 14.3. The van der Waals surface area contributed by atoms with Gasteiger partial charge in [0, 0.05) is 24.8 Å². The number of unbranched alkanes of at least 4 members (excludes halogenated alkanes) is 1. The molecule has 3 heteroatoms. The van der Waals surface area contributed by atoms with E-state index in [1.54, 1.807) is 0 Å². The molecule has 19 heavy (non-hydrogen) atoms. The Morgan fingerprint density at radius 2 is 2.00 bits per heavy atom. The van der Waals surface area contributed by atoms with Gasteiger partial charge in [-0.3, -0.25) is 0 Å². The normalized spacial score (nSPS) is 14.2. The molecule has 1 aromatic rings. The summed E-state index contributed by atoms with van der Waals surface area (Å²) in [6, 6.07) is 5.25. The molecule has 1 aromatic heterocycles. The molecule has 1 heterocycles. The highest BCUT2D eigenvalue weighted by Gasteiger charge is 2.14. The smallest absolute Gasteiger partial charge is 0.128 e. The van der Waals surface area contributed by atoms with Crippen LogP contribution in [0.1, 0.15) is 58.6 Å². The van der Waals surface area contributed by atoms with E-state index in [2.05, 4.69) is 55.0 Å². The molecule has 0 saturated heterocycles. The Morgan fingerprint density at radius 1 is 1.26 bits per heavy atom. The lowest BCUT2D eigenvalue weighted by atomic mass is 10.1. The first kappa shape index (κ1) is 16.0. The van der Waals surface area contributed by atoms with Crippen LogP contribution in [0, 0.1) is 0 Å². The summed E-state index contributed by atoms with van der Waals surface area (Å²) in [5.41, 5.74) is 1.24. The van der Waals surface area contributed by atoms with Gasteiger partial charge >= 0.3 is 0 Å². The zero-order valence-electron chi connectivity index (χ0n) is 13.1. The van der Waals surface area contributed by atoms with E-state index in [4.69, 9.17) is 0 Å². The Kier molecular flexibility index (Phi) is 6.85. The molecule has 2 atom stereocenters. The predicted octanol–water partition coefficient (Wildman–Crippen LogP) is 3.77. The summed E-state index contributed by atoms with van der Waals surface area (Å²) in [5, 5.41) is 3.24. The van der Waals surface area contributed by atoms with Gasteiger partial charge in [0.25, 0.3) is 0 Å². The van der Waals surface area contributed by atoms with E-state index in [1.807, 2.05) is 13.2 Å². The Hall–Kier alpha value is -1.09. The first-order valence-electron chi connectivity index (χ1n) is 7.53. The Balaban J connectivity index is 2.84. The molecule has 1 rings (SSSR count). The van der Waals surface area contributed by atoms with Crippen LogP contribution in [-0.2, 0) is 0 Å². The van der Waals surface area contributed by atoms with Gasteiger partial charge in [-0.15, -0.1) is 0 Å². The van der Waals surface area contributed by atoms with E-state index in [9.17, 15) is 0 Å². The third-order valence-corrected chi connectivity index (χ3v) is 3.87. The average molecular weight is 263 g/mol. The molecule has 2 unspecified atom stereocenters. The topological polar surface area (TPSA) is 28.2 Å². The summed E-state index contributed by atoms with van der Waals surface area (Å²) in [4.78, 5) is 7.08. The van der Waals surface area contributed by atoms with Gasteiger partial charge in [0.05, 0.1) is 0 Å². The van der Waals surface area contributed by atoms with Crippen LogP contribution in [0.2, 0.25) is 0 Å². The van der Waals surface area contributed by atoms with Crippen molar-refractivity contribution < 1.29 is 0 Å². The number of anilines is 1. The quantitative estimate of drug-likeness (QED) is 0.774. The Bertz CT molecular complexity index is 348. The van der Waals surface area contributed by atoms with E-state index in [1.165, 1.54) is 18.4 Å². The number of hydrogen-bond donors (Lipinski definition) is 1. The average Bonchev–Trinajstić information content (AvgIpc) is 2.47. The fraction of sp³-hybridized carbons (Fsp3) is 0.688. The SMILES string of the molecule is CCCCN(c1ccc(C(C)NC)cn1)C(C)CC. The fourth-order valence-electron chi connectivity index (χ4n) is 2.10. The molecular formula is C16H29N3. The van der Waals surface area contributed by atoms with Crippen molar-refractivity contribution >= 4 is 5.82 Å². The van der Waals surface area contributed by atoms with Crippen molar-refractivity contribution in [2.24, 2.45) is 0 Å². The number of aromatic nitrogens is 1. The van der Waals surface area contributed by atoms with E-state index in [-0.39, 0.29) is 0 Å². The molecule has 0 aliphatic rings. The third kappa shape index (κ3) is 4.50. The third-order valence-electron chi connectivity index (χ3n) is 3.87. The molecule has 0 aliphatic heterocycles. The van der Waals surface area contributed by atoms with E-state index < -0.39 is 0 Å². The second-order valence-electron chi connectivity index (χ2n) is 5.26. The Morgan fingerprint density at radius 3 is 2.47 bits per heavy atom. The minimum atomic E-state index is 0.356. The summed E-state index contributed by atoms with van der Waals surface area (Å²) >= 11 is 0. The monoisotopic (exact) mass is 263 g/mol. The van der Waals surface area contributed by atoms with Gasteiger partial charge < -0.3 is 10.2 Å². The number of nitrogens with zero attached hydrogens (tertiary/aromatic N) is 2. The van der Waals surface area contributed by atoms with Crippen LogP contribution >= 0.6 is 0 Å². The molecule has 0 radical (unpaired) electrons. The van der Waals surface area contributed by atoms with Crippen molar-refractivity contribution in [3.8, 4) is 0 Å². The number of pyridine rings is 1. The number of hydrogen-bond acceptors (Lipinski definition) is 3. The van der Waals surface area contributed by atoms with Gasteiger partial charge in [0.1, 0.15) is 5.82 Å². The molecule has 1 N–H and O–H groups in total. The van der Waals surface area contributed by atoms with Crippen LogP contribution in [0.3, 0.4) is 0 Å². The van der Waals surface area contributed by atoms with Crippen LogP contribution in [0.4, 0.5) is 5.82 Å². The lowest BCUT2D eigenvalue weighted by Crippen LogP contribution is -2.34. The Labute approximate surface area is 118 Å². The molecule has 0 amide bonds. The second-order valence-corrected chi connectivity index (χ2v) is 5.26. The fourth-order valence-corrected chi connectivity index (χ4v) is 2.10. The maximum Gasteiger partial charge on any atom is 0.128 e. The highest BCUT2D eigenvalue weighted by atomic mass is 15.2.